The van der Waals surface area contributed by atoms with Crippen molar-refractivity contribution in [3.63, 3.8) is 0 Å². The molecule has 30 heavy (non-hydrogen) atoms. The highest BCUT2D eigenvalue weighted by Crippen LogP contribution is 2.33. The molecule has 9 nitrogen and oxygen atoms in total. The lowest BCUT2D eigenvalue weighted by molar-refractivity contribution is -0.130. The normalized spacial score (nSPS) is 18.0. The third kappa shape index (κ3) is 4.09. The van der Waals surface area contributed by atoms with Crippen LogP contribution >= 0.6 is 11.3 Å². The Hall–Kier alpha value is -3.14. The van der Waals surface area contributed by atoms with Gasteiger partial charge in [0.1, 0.15) is 6.04 Å². The van der Waals surface area contributed by atoms with Crippen molar-refractivity contribution in [3.05, 3.63) is 34.8 Å². The van der Waals surface area contributed by atoms with E-state index in [2.05, 4.69) is 15.6 Å². The summed E-state index contributed by atoms with van der Waals surface area (Å²) in [6.45, 7) is 6.34. The van der Waals surface area contributed by atoms with E-state index in [1.54, 1.807) is 18.2 Å². The molecule has 2 N–H and O–H groups in total. The van der Waals surface area contributed by atoms with Crippen LogP contribution in [-0.4, -0.2) is 40.6 Å². The van der Waals surface area contributed by atoms with E-state index in [0.29, 0.717) is 16.6 Å². The third-order valence-corrected chi connectivity index (χ3v) is 5.55. The number of thiazole rings is 1. The molecule has 0 spiro atoms. The first kappa shape index (κ1) is 20.1. The first-order valence-corrected chi connectivity index (χ1v) is 10.3. The van der Waals surface area contributed by atoms with Gasteiger partial charge < -0.3 is 20.1 Å². The number of rotatable bonds is 5. The number of aromatic nitrogens is 1. The van der Waals surface area contributed by atoms with Crippen LogP contribution in [0.2, 0.25) is 0 Å². The molecule has 1 aromatic heterocycles. The number of ether oxygens (including phenoxy) is 2. The second-order valence-electron chi connectivity index (χ2n) is 8.15. The molecule has 1 atom stereocenters. The van der Waals surface area contributed by atoms with Crippen molar-refractivity contribution in [3.8, 4) is 11.5 Å². The second kappa shape index (κ2) is 7.60. The van der Waals surface area contributed by atoms with Gasteiger partial charge >= 0.3 is 6.03 Å². The molecule has 0 unspecified atom stereocenters. The topological polar surface area (TPSA) is 110 Å². The van der Waals surface area contributed by atoms with Crippen molar-refractivity contribution in [2.75, 3.05) is 12.1 Å². The van der Waals surface area contributed by atoms with Crippen LogP contribution in [0.25, 0.3) is 0 Å². The van der Waals surface area contributed by atoms with E-state index in [1.807, 2.05) is 26.2 Å². The van der Waals surface area contributed by atoms with Crippen molar-refractivity contribution >= 4 is 34.3 Å². The highest BCUT2D eigenvalue weighted by Gasteiger charge is 2.39. The Bertz CT molecular complexity index is 1010. The lowest BCUT2D eigenvalue weighted by Gasteiger charge is -2.14. The maximum Gasteiger partial charge on any atom is 0.325 e. The number of imide groups is 1. The summed E-state index contributed by atoms with van der Waals surface area (Å²) in [5.41, 5.74) is 1.48. The van der Waals surface area contributed by atoms with E-state index in [0.717, 1.165) is 16.2 Å². The van der Waals surface area contributed by atoms with E-state index < -0.39 is 18.0 Å². The Morgan fingerprint density at radius 3 is 2.80 bits per heavy atom. The van der Waals surface area contributed by atoms with E-state index >= 15 is 0 Å². The standard InChI is InChI=1S/C20H22N4O5S/c1-20(2,3)15-9-30-18(22-15)23-16(25)7-12-17(26)24(19(27)21-12)8-11-4-5-13-14(6-11)29-10-28-13/h4-6,9,12H,7-8,10H2,1-3H3,(H,21,27)(H,22,23,25)/t12-/m1/s1. The second-order valence-corrected chi connectivity index (χ2v) is 9.01. The van der Waals surface area contributed by atoms with Crippen molar-refractivity contribution in [2.45, 2.75) is 45.2 Å². The number of fused-ring (bicyclic) bond motifs is 1. The molecule has 0 bridgehead atoms. The molecule has 2 aliphatic heterocycles. The van der Waals surface area contributed by atoms with Crippen LogP contribution in [0, 0.1) is 0 Å². The SMILES string of the molecule is CC(C)(C)c1csc(NC(=O)C[C@H]2NC(=O)N(Cc3ccc4c(c3)OCO4)C2=O)n1. The quantitative estimate of drug-likeness (QED) is 0.706. The van der Waals surface area contributed by atoms with Crippen LogP contribution < -0.4 is 20.1 Å². The van der Waals surface area contributed by atoms with Gasteiger partial charge in [0.05, 0.1) is 18.7 Å². The van der Waals surface area contributed by atoms with Gasteiger partial charge in [-0.3, -0.25) is 14.5 Å². The van der Waals surface area contributed by atoms with Gasteiger partial charge in [0.2, 0.25) is 12.7 Å². The summed E-state index contributed by atoms with van der Waals surface area (Å²) in [5.74, 6) is 0.381. The zero-order valence-corrected chi connectivity index (χ0v) is 17.7. The highest BCUT2D eigenvalue weighted by molar-refractivity contribution is 7.13. The lowest BCUT2D eigenvalue weighted by atomic mass is 9.93. The highest BCUT2D eigenvalue weighted by atomic mass is 32.1. The van der Waals surface area contributed by atoms with Crippen molar-refractivity contribution in [1.29, 1.82) is 0 Å². The number of carbonyl (C=O) groups excluding carboxylic acids is 3. The van der Waals surface area contributed by atoms with E-state index in [4.69, 9.17) is 9.47 Å². The summed E-state index contributed by atoms with van der Waals surface area (Å²) >= 11 is 1.33. The molecule has 3 heterocycles. The number of urea groups is 1. The van der Waals surface area contributed by atoms with Gasteiger partial charge in [-0.2, -0.15) is 0 Å². The summed E-state index contributed by atoms with van der Waals surface area (Å²) in [6, 6.07) is 3.80. The fourth-order valence-corrected chi connectivity index (χ4v) is 4.07. The predicted octanol–water partition coefficient (Wildman–Crippen LogP) is 2.62. The summed E-state index contributed by atoms with van der Waals surface area (Å²) in [6.07, 6.45) is -0.160. The Morgan fingerprint density at radius 1 is 1.30 bits per heavy atom. The fourth-order valence-electron chi connectivity index (χ4n) is 3.12. The van der Waals surface area contributed by atoms with Crippen molar-refractivity contribution in [1.82, 2.24) is 15.2 Å². The maximum atomic E-state index is 12.7. The zero-order valence-electron chi connectivity index (χ0n) is 16.9. The lowest BCUT2D eigenvalue weighted by Crippen LogP contribution is -2.34. The summed E-state index contributed by atoms with van der Waals surface area (Å²) in [5, 5.41) is 7.65. The Morgan fingerprint density at radius 2 is 2.07 bits per heavy atom. The number of amides is 4. The Kier molecular flexibility index (Phi) is 5.10. The monoisotopic (exact) mass is 430 g/mol. The fraction of sp³-hybridized carbons (Fsp3) is 0.400. The van der Waals surface area contributed by atoms with Crippen molar-refractivity contribution in [2.24, 2.45) is 0 Å². The Balaban J connectivity index is 1.36. The van der Waals surface area contributed by atoms with Crippen LogP contribution in [0.5, 0.6) is 11.5 Å². The molecule has 2 aromatic rings. The Labute approximate surface area is 177 Å². The first-order valence-electron chi connectivity index (χ1n) is 9.47. The van der Waals surface area contributed by atoms with Gasteiger partial charge in [-0.15, -0.1) is 11.3 Å². The van der Waals surface area contributed by atoms with Gasteiger partial charge in [0.15, 0.2) is 16.6 Å². The summed E-state index contributed by atoms with van der Waals surface area (Å²) in [7, 11) is 0. The molecule has 10 heteroatoms. The molecule has 0 aliphatic carbocycles. The number of hydrogen-bond donors (Lipinski definition) is 2. The largest absolute Gasteiger partial charge is 0.454 e. The van der Waals surface area contributed by atoms with Gasteiger partial charge in [0.25, 0.3) is 5.91 Å². The molecule has 4 rings (SSSR count). The van der Waals surface area contributed by atoms with E-state index in [1.165, 1.54) is 11.3 Å². The molecule has 0 radical (unpaired) electrons. The molecule has 0 saturated carbocycles. The maximum absolute atomic E-state index is 12.7. The molecule has 1 saturated heterocycles. The van der Waals surface area contributed by atoms with Gasteiger partial charge in [-0.25, -0.2) is 9.78 Å². The van der Waals surface area contributed by atoms with Crippen LogP contribution in [0.3, 0.4) is 0 Å². The number of benzene rings is 1. The minimum Gasteiger partial charge on any atom is -0.454 e. The smallest absolute Gasteiger partial charge is 0.325 e. The van der Waals surface area contributed by atoms with Crippen LogP contribution in [0.1, 0.15) is 38.4 Å². The van der Waals surface area contributed by atoms with Gasteiger partial charge in [-0.05, 0) is 17.7 Å². The van der Waals surface area contributed by atoms with E-state index in [9.17, 15) is 14.4 Å². The number of nitrogens with zero attached hydrogens (tertiary/aromatic N) is 2. The number of hydrogen-bond acceptors (Lipinski definition) is 7. The predicted molar refractivity (Wildman–Crippen MR) is 109 cm³/mol. The average Bonchev–Trinajstić information content (AvgIpc) is 3.38. The zero-order chi connectivity index (χ0) is 21.5. The minimum absolute atomic E-state index is 0.0842. The minimum atomic E-state index is -0.909. The summed E-state index contributed by atoms with van der Waals surface area (Å²) in [4.78, 5) is 42.8. The molecule has 2 aliphatic rings. The third-order valence-electron chi connectivity index (χ3n) is 4.79. The van der Waals surface area contributed by atoms with E-state index in [-0.39, 0.29) is 31.1 Å². The molecule has 1 aromatic carbocycles. The molecule has 1 fully saturated rings. The van der Waals surface area contributed by atoms with Crippen LogP contribution in [0.4, 0.5) is 9.93 Å². The average molecular weight is 430 g/mol. The van der Waals surface area contributed by atoms with Crippen LogP contribution in [-0.2, 0) is 21.5 Å². The van der Waals surface area contributed by atoms with Crippen molar-refractivity contribution < 1.29 is 23.9 Å². The molecule has 158 valence electrons. The van der Waals surface area contributed by atoms with Gasteiger partial charge in [0, 0.05) is 10.8 Å². The summed E-state index contributed by atoms with van der Waals surface area (Å²) < 4.78 is 10.6. The van der Waals surface area contributed by atoms with Gasteiger partial charge in [-0.1, -0.05) is 26.8 Å². The molecular formula is C20H22N4O5S. The first-order chi connectivity index (χ1) is 14.2. The number of carbonyl (C=O) groups is 3. The van der Waals surface area contributed by atoms with Crippen LogP contribution in [0.15, 0.2) is 23.6 Å². The number of anilines is 1. The number of nitrogens with one attached hydrogen (secondary N) is 2. The molecule has 4 amide bonds. The molecular weight excluding hydrogens is 408 g/mol.